The minimum Gasteiger partial charge on any atom is -0.456 e. The number of hydrogen-bond donors (Lipinski definition) is 1. The minimum atomic E-state index is -0.556. The summed E-state index contributed by atoms with van der Waals surface area (Å²) in [4.78, 5) is 3.10. The van der Waals surface area contributed by atoms with Gasteiger partial charge in [0.2, 0.25) is 0 Å². The molecule has 20 heavy (non-hydrogen) atoms. The van der Waals surface area contributed by atoms with E-state index in [4.69, 9.17) is 10.00 Å². The molecule has 1 N–H and O–H groups in total. The van der Waals surface area contributed by atoms with Gasteiger partial charge in [-0.15, -0.1) is 0 Å². The largest absolute Gasteiger partial charge is 0.456 e. The van der Waals surface area contributed by atoms with E-state index < -0.39 is 5.82 Å². The molecule has 0 saturated carbocycles. The summed E-state index contributed by atoms with van der Waals surface area (Å²) < 4.78 is 19.8. The lowest BCUT2D eigenvalue weighted by Gasteiger charge is -2.09. The maximum absolute atomic E-state index is 13.3. The summed E-state index contributed by atoms with van der Waals surface area (Å²) in [7, 11) is 0. The van der Waals surface area contributed by atoms with Crippen LogP contribution < -0.4 is 4.74 Å². The SMILES string of the molecule is N#Cc1cc(Oc2ccc3[nH]ccc3c2Br)ccc1F. The first-order valence-corrected chi connectivity index (χ1v) is 6.61. The van der Waals surface area contributed by atoms with Gasteiger partial charge in [0.25, 0.3) is 0 Å². The maximum atomic E-state index is 13.3. The van der Waals surface area contributed by atoms with Gasteiger partial charge in [-0.05, 0) is 46.3 Å². The molecule has 2 aromatic carbocycles. The molecular weight excluding hydrogens is 323 g/mol. The second-order valence-corrected chi connectivity index (χ2v) is 4.97. The lowest BCUT2D eigenvalue weighted by Crippen LogP contribution is -1.89. The Hall–Kier alpha value is -2.32. The molecular formula is C15H8BrFN2O. The van der Waals surface area contributed by atoms with Crippen LogP contribution in [0.5, 0.6) is 11.5 Å². The Bertz CT molecular complexity index is 835. The molecule has 1 heterocycles. The monoisotopic (exact) mass is 330 g/mol. The number of nitrogens with zero attached hydrogens (tertiary/aromatic N) is 1. The summed E-state index contributed by atoms with van der Waals surface area (Å²) in [5.74, 6) is 0.464. The Balaban J connectivity index is 2.01. The predicted octanol–water partition coefficient (Wildman–Crippen LogP) is 4.73. The number of nitrogens with one attached hydrogen (secondary N) is 1. The normalized spacial score (nSPS) is 10.4. The molecule has 0 aliphatic carbocycles. The number of nitriles is 1. The molecule has 0 aliphatic heterocycles. The van der Waals surface area contributed by atoms with E-state index in [1.165, 1.54) is 18.2 Å². The topological polar surface area (TPSA) is 48.8 Å². The third-order valence-electron chi connectivity index (χ3n) is 2.92. The van der Waals surface area contributed by atoms with E-state index in [9.17, 15) is 4.39 Å². The standard InChI is InChI=1S/C15H8BrFN2O/c16-15-11-5-6-19-13(11)3-4-14(15)20-10-1-2-12(17)9(7-10)8-18/h1-7,19H. The molecule has 1 aromatic heterocycles. The van der Waals surface area contributed by atoms with E-state index in [0.717, 1.165) is 15.4 Å². The van der Waals surface area contributed by atoms with Gasteiger partial charge in [-0.3, -0.25) is 0 Å². The van der Waals surface area contributed by atoms with Crippen LogP contribution in [-0.2, 0) is 0 Å². The fourth-order valence-corrected chi connectivity index (χ4v) is 2.49. The lowest BCUT2D eigenvalue weighted by atomic mass is 10.2. The number of hydrogen-bond acceptors (Lipinski definition) is 2. The van der Waals surface area contributed by atoms with Crippen LogP contribution >= 0.6 is 15.9 Å². The van der Waals surface area contributed by atoms with Crippen LogP contribution in [-0.4, -0.2) is 4.98 Å². The summed E-state index contributed by atoms with van der Waals surface area (Å²) in [6.45, 7) is 0. The van der Waals surface area contributed by atoms with Gasteiger partial charge < -0.3 is 9.72 Å². The first kappa shape index (κ1) is 12.7. The van der Waals surface area contributed by atoms with Gasteiger partial charge in [-0.25, -0.2) is 4.39 Å². The van der Waals surface area contributed by atoms with Crippen molar-refractivity contribution in [1.29, 1.82) is 5.26 Å². The highest BCUT2D eigenvalue weighted by atomic mass is 79.9. The summed E-state index contributed by atoms with van der Waals surface area (Å²) in [6, 6.07) is 11.5. The van der Waals surface area contributed by atoms with Crippen molar-refractivity contribution in [3.05, 3.63) is 58.4 Å². The summed E-state index contributed by atoms with van der Waals surface area (Å²) >= 11 is 3.48. The third-order valence-corrected chi connectivity index (χ3v) is 3.74. The zero-order chi connectivity index (χ0) is 14.1. The van der Waals surface area contributed by atoms with Crippen molar-refractivity contribution in [2.45, 2.75) is 0 Å². The third kappa shape index (κ3) is 2.15. The van der Waals surface area contributed by atoms with Crippen LogP contribution in [0.3, 0.4) is 0 Å². The number of ether oxygens (including phenoxy) is 1. The van der Waals surface area contributed by atoms with Gasteiger partial charge >= 0.3 is 0 Å². The fourth-order valence-electron chi connectivity index (χ4n) is 1.94. The molecule has 0 atom stereocenters. The Kier molecular flexibility index (Phi) is 3.17. The van der Waals surface area contributed by atoms with Gasteiger partial charge in [-0.1, -0.05) is 0 Å². The Morgan fingerprint density at radius 2 is 2.05 bits per heavy atom. The van der Waals surface area contributed by atoms with Crippen LogP contribution in [0, 0.1) is 17.1 Å². The Morgan fingerprint density at radius 3 is 2.85 bits per heavy atom. The van der Waals surface area contributed by atoms with Gasteiger partial charge in [0.1, 0.15) is 23.4 Å². The Labute approximate surface area is 122 Å². The van der Waals surface area contributed by atoms with Crippen LogP contribution in [0.25, 0.3) is 10.9 Å². The quantitative estimate of drug-likeness (QED) is 0.738. The van der Waals surface area contributed by atoms with Gasteiger partial charge in [0.15, 0.2) is 0 Å². The zero-order valence-electron chi connectivity index (χ0n) is 10.2. The highest BCUT2D eigenvalue weighted by molar-refractivity contribution is 9.10. The van der Waals surface area contributed by atoms with E-state index >= 15 is 0 Å². The number of H-pyrrole nitrogens is 1. The van der Waals surface area contributed by atoms with Crippen LogP contribution in [0.2, 0.25) is 0 Å². The lowest BCUT2D eigenvalue weighted by molar-refractivity contribution is 0.478. The summed E-state index contributed by atoms with van der Waals surface area (Å²) in [6.07, 6.45) is 1.84. The van der Waals surface area contributed by atoms with Crippen molar-refractivity contribution >= 4 is 26.8 Å². The number of benzene rings is 2. The number of halogens is 2. The molecule has 98 valence electrons. The van der Waals surface area contributed by atoms with E-state index in [2.05, 4.69) is 20.9 Å². The fraction of sp³-hybridized carbons (Fsp3) is 0. The molecule has 3 nitrogen and oxygen atoms in total. The maximum Gasteiger partial charge on any atom is 0.142 e. The van der Waals surface area contributed by atoms with Crippen molar-refractivity contribution in [1.82, 2.24) is 4.98 Å². The second kappa shape index (κ2) is 4.99. The number of aromatic amines is 1. The molecule has 3 rings (SSSR count). The van der Waals surface area contributed by atoms with E-state index in [1.807, 2.05) is 18.3 Å². The molecule has 0 unspecified atom stereocenters. The van der Waals surface area contributed by atoms with Crippen molar-refractivity contribution in [3.8, 4) is 17.6 Å². The smallest absolute Gasteiger partial charge is 0.142 e. The molecule has 0 saturated heterocycles. The summed E-state index contributed by atoms with van der Waals surface area (Å²) in [5.41, 5.74) is 0.947. The first-order valence-electron chi connectivity index (χ1n) is 5.82. The van der Waals surface area contributed by atoms with Gasteiger partial charge in [-0.2, -0.15) is 5.26 Å². The van der Waals surface area contributed by atoms with Gasteiger partial charge in [0.05, 0.1) is 10.0 Å². The molecule has 0 bridgehead atoms. The number of rotatable bonds is 2. The predicted molar refractivity (Wildman–Crippen MR) is 77.2 cm³/mol. The summed E-state index contributed by atoms with van der Waals surface area (Å²) in [5, 5.41) is 9.81. The van der Waals surface area contributed by atoms with Gasteiger partial charge in [0, 0.05) is 23.2 Å². The average Bonchev–Trinajstić information content (AvgIpc) is 2.93. The van der Waals surface area contributed by atoms with Crippen molar-refractivity contribution in [2.24, 2.45) is 0 Å². The van der Waals surface area contributed by atoms with Crippen molar-refractivity contribution < 1.29 is 9.13 Å². The Morgan fingerprint density at radius 1 is 1.20 bits per heavy atom. The number of fused-ring (bicyclic) bond motifs is 1. The van der Waals surface area contributed by atoms with Crippen LogP contribution in [0.4, 0.5) is 4.39 Å². The zero-order valence-corrected chi connectivity index (χ0v) is 11.7. The van der Waals surface area contributed by atoms with Crippen molar-refractivity contribution in [3.63, 3.8) is 0 Å². The molecule has 5 heteroatoms. The van der Waals surface area contributed by atoms with Crippen molar-refractivity contribution in [2.75, 3.05) is 0 Å². The van der Waals surface area contributed by atoms with Crippen LogP contribution in [0.1, 0.15) is 5.56 Å². The molecule has 3 aromatic rings. The van der Waals surface area contributed by atoms with E-state index in [1.54, 1.807) is 12.1 Å². The molecule has 0 spiro atoms. The van der Waals surface area contributed by atoms with E-state index in [-0.39, 0.29) is 5.56 Å². The van der Waals surface area contributed by atoms with E-state index in [0.29, 0.717) is 11.5 Å². The highest BCUT2D eigenvalue weighted by Gasteiger charge is 2.09. The first-order chi connectivity index (χ1) is 9.69. The molecule has 0 amide bonds. The second-order valence-electron chi connectivity index (χ2n) is 4.17. The minimum absolute atomic E-state index is 0.0404. The molecule has 0 fully saturated rings. The highest BCUT2D eigenvalue weighted by Crippen LogP contribution is 2.35. The average molecular weight is 331 g/mol. The molecule has 0 radical (unpaired) electrons. The number of aromatic nitrogens is 1. The van der Waals surface area contributed by atoms with Crippen LogP contribution in [0.15, 0.2) is 47.1 Å². The molecule has 0 aliphatic rings.